The maximum atomic E-state index is 6.56. The van der Waals surface area contributed by atoms with Gasteiger partial charge in [0.2, 0.25) is 0 Å². The summed E-state index contributed by atoms with van der Waals surface area (Å²) in [7, 11) is 0. The van der Waals surface area contributed by atoms with Gasteiger partial charge in [0.1, 0.15) is 5.75 Å². The van der Waals surface area contributed by atoms with Crippen molar-refractivity contribution < 1.29 is 4.74 Å². The second kappa shape index (κ2) is 5.50. The number of benzene rings is 1. The Morgan fingerprint density at radius 1 is 1.21 bits per heavy atom. The summed E-state index contributed by atoms with van der Waals surface area (Å²) < 4.78 is 6.56. The van der Waals surface area contributed by atoms with Crippen molar-refractivity contribution in [2.45, 2.75) is 50.3 Å². The molecule has 5 rings (SSSR count). The molecular weight excluding hydrogens is 340 g/mol. The molecule has 0 saturated heterocycles. The fourth-order valence-corrected chi connectivity index (χ4v) is 5.18. The molecule has 0 bridgehead atoms. The summed E-state index contributed by atoms with van der Waals surface area (Å²) in [6.45, 7) is 0. The molecule has 0 amide bonds. The number of hydrogen-bond acceptors (Lipinski definition) is 4. The Balaban J connectivity index is 1.62. The van der Waals surface area contributed by atoms with E-state index in [1.165, 1.54) is 35.4 Å². The van der Waals surface area contributed by atoms with Crippen LogP contribution in [0.25, 0.3) is 0 Å². The Morgan fingerprint density at radius 2 is 2.08 bits per heavy atom. The van der Waals surface area contributed by atoms with E-state index in [2.05, 4.69) is 28.6 Å². The Kier molecular flexibility index (Phi) is 3.39. The van der Waals surface area contributed by atoms with E-state index < -0.39 is 0 Å². The highest BCUT2D eigenvalue weighted by Crippen LogP contribution is 2.51. The van der Waals surface area contributed by atoms with Crippen LogP contribution in [0.4, 0.5) is 0 Å². The SMILES string of the molecule is Clc1ccc2c(c1)C1CC(c3cccs3)=NN1C1(CCCCC1)O2. The van der Waals surface area contributed by atoms with Crippen LogP contribution >= 0.6 is 22.9 Å². The fourth-order valence-electron chi connectivity index (χ4n) is 4.28. The number of halogens is 1. The molecule has 1 fully saturated rings. The van der Waals surface area contributed by atoms with E-state index in [1.807, 2.05) is 12.1 Å². The molecule has 1 saturated carbocycles. The third-order valence-electron chi connectivity index (χ3n) is 5.40. The summed E-state index contributed by atoms with van der Waals surface area (Å²) in [5, 5.41) is 10.2. The molecule has 1 aliphatic carbocycles. The Morgan fingerprint density at radius 3 is 2.88 bits per heavy atom. The molecule has 1 aromatic heterocycles. The first kappa shape index (κ1) is 14.8. The van der Waals surface area contributed by atoms with E-state index in [-0.39, 0.29) is 11.8 Å². The van der Waals surface area contributed by atoms with Crippen molar-refractivity contribution in [2.75, 3.05) is 0 Å². The van der Waals surface area contributed by atoms with Crippen LogP contribution in [0.2, 0.25) is 5.02 Å². The number of hydrazone groups is 1. The summed E-state index contributed by atoms with van der Waals surface area (Å²) in [5.74, 6) is 0.991. The van der Waals surface area contributed by atoms with Crippen molar-refractivity contribution in [3.8, 4) is 5.75 Å². The maximum Gasteiger partial charge on any atom is 0.198 e. The van der Waals surface area contributed by atoms with Crippen LogP contribution in [0.3, 0.4) is 0 Å². The molecule has 0 N–H and O–H groups in total. The predicted molar refractivity (Wildman–Crippen MR) is 97.9 cm³/mol. The van der Waals surface area contributed by atoms with Crippen LogP contribution in [-0.4, -0.2) is 16.4 Å². The van der Waals surface area contributed by atoms with Gasteiger partial charge in [0.15, 0.2) is 5.72 Å². The lowest BCUT2D eigenvalue weighted by Crippen LogP contribution is -2.54. The van der Waals surface area contributed by atoms with Crippen LogP contribution in [0, 0.1) is 0 Å². The van der Waals surface area contributed by atoms with Gasteiger partial charge in [-0.05, 0) is 42.5 Å². The molecular formula is C19H19ClN2OS. The van der Waals surface area contributed by atoms with Crippen LogP contribution in [0.1, 0.15) is 55.0 Å². The average molecular weight is 359 g/mol. The molecule has 3 aliphatic rings. The smallest absolute Gasteiger partial charge is 0.198 e. The second-order valence-electron chi connectivity index (χ2n) is 6.88. The Hall–Kier alpha value is -1.52. The van der Waals surface area contributed by atoms with E-state index in [0.717, 1.165) is 30.0 Å². The standard InChI is InChI=1S/C19H19ClN2OS/c20-13-6-7-17-14(11-13)16-12-15(18-5-4-10-24-18)21-22(16)19(23-17)8-2-1-3-9-19/h4-7,10-11,16H,1-3,8-9,12H2. The minimum absolute atomic E-state index is 0.239. The van der Waals surface area contributed by atoms with Gasteiger partial charge in [-0.2, -0.15) is 5.10 Å². The lowest BCUT2D eigenvalue weighted by atomic mass is 9.87. The third kappa shape index (κ3) is 2.20. The summed E-state index contributed by atoms with van der Waals surface area (Å²) in [6, 6.07) is 10.5. The van der Waals surface area contributed by atoms with E-state index >= 15 is 0 Å². The molecule has 1 aromatic carbocycles. The topological polar surface area (TPSA) is 24.8 Å². The molecule has 2 aliphatic heterocycles. The minimum atomic E-state index is -0.275. The molecule has 24 heavy (non-hydrogen) atoms. The normalized spacial score (nSPS) is 24.3. The zero-order chi connectivity index (χ0) is 16.1. The first-order valence-electron chi connectivity index (χ1n) is 8.64. The van der Waals surface area contributed by atoms with E-state index in [0.29, 0.717) is 0 Å². The summed E-state index contributed by atoms with van der Waals surface area (Å²) >= 11 is 8.03. The molecule has 3 heterocycles. The molecule has 1 spiro atoms. The van der Waals surface area contributed by atoms with Crippen molar-refractivity contribution in [3.05, 3.63) is 51.2 Å². The number of thiophene rings is 1. The summed E-state index contributed by atoms with van der Waals surface area (Å²) in [6.07, 6.45) is 6.73. The van der Waals surface area contributed by atoms with E-state index in [4.69, 9.17) is 21.4 Å². The molecule has 1 unspecified atom stereocenters. The number of fused-ring (bicyclic) bond motifs is 4. The van der Waals surface area contributed by atoms with Crippen LogP contribution < -0.4 is 4.74 Å². The van der Waals surface area contributed by atoms with Gasteiger partial charge in [0.25, 0.3) is 0 Å². The molecule has 1 atom stereocenters. The predicted octanol–water partition coefficient (Wildman–Crippen LogP) is 5.61. The highest BCUT2D eigenvalue weighted by molar-refractivity contribution is 7.12. The zero-order valence-corrected chi connectivity index (χ0v) is 14.9. The van der Waals surface area contributed by atoms with E-state index in [1.54, 1.807) is 11.3 Å². The first-order chi connectivity index (χ1) is 11.8. The molecule has 5 heteroatoms. The number of hydrogen-bond donors (Lipinski definition) is 0. The van der Waals surface area contributed by atoms with Crippen LogP contribution in [0.5, 0.6) is 5.75 Å². The first-order valence-corrected chi connectivity index (χ1v) is 9.90. The Labute approximate surface area is 150 Å². The van der Waals surface area contributed by atoms with Crippen molar-refractivity contribution in [3.63, 3.8) is 0 Å². The van der Waals surface area contributed by atoms with Crippen LogP contribution in [-0.2, 0) is 0 Å². The van der Waals surface area contributed by atoms with Gasteiger partial charge in [-0.15, -0.1) is 11.3 Å². The van der Waals surface area contributed by atoms with Crippen molar-refractivity contribution in [2.24, 2.45) is 5.10 Å². The fraction of sp³-hybridized carbons (Fsp3) is 0.421. The largest absolute Gasteiger partial charge is 0.466 e. The zero-order valence-electron chi connectivity index (χ0n) is 13.4. The summed E-state index contributed by atoms with van der Waals surface area (Å²) in [5.41, 5.74) is 2.08. The highest BCUT2D eigenvalue weighted by Gasteiger charge is 2.50. The Bertz CT molecular complexity index is 796. The lowest BCUT2D eigenvalue weighted by molar-refractivity contribution is -0.140. The lowest BCUT2D eigenvalue weighted by Gasteiger charge is -2.49. The minimum Gasteiger partial charge on any atom is -0.466 e. The number of nitrogens with zero attached hydrogens (tertiary/aromatic N) is 2. The van der Waals surface area contributed by atoms with Gasteiger partial charge in [-0.1, -0.05) is 24.1 Å². The van der Waals surface area contributed by atoms with Gasteiger partial charge >= 0.3 is 0 Å². The monoisotopic (exact) mass is 358 g/mol. The van der Waals surface area contributed by atoms with Crippen molar-refractivity contribution >= 4 is 28.6 Å². The van der Waals surface area contributed by atoms with Crippen molar-refractivity contribution in [1.29, 1.82) is 0 Å². The summed E-state index contributed by atoms with van der Waals surface area (Å²) in [4.78, 5) is 1.26. The highest BCUT2D eigenvalue weighted by atomic mass is 35.5. The second-order valence-corrected chi connectivity index (χ2v) is 8.26. The van der Waals surface area contributed by atoms with Gasteiger partial charge in [-0.3, -0.25) is 0 Å². The van der Waals surface area contributed by atoms with Gasteiger partial charge < -0.3 is 4.74 Å². The molecule has 124 valence electrons. The third-order valence-corrected chi connectivity index (χ3v) is 6.55. The average Bonchev–Trinajstić information content (AvgIpc) is 3.26. The molecule has 2 aromatic rings. The number of rotatable bonds is 1. The quantitative estimate of drug-likeness (QED) is 0.662. The number of ether oxygens (including phenoxy) is 1. The molecule has 3 nitrogen and oxygen atoms in total. The van der Waals surface area contributed by atoms with Gasteiger partial charge in [0.05, 0.1) is 16.6 Å². The van der Waals surface area contributed by atoms with Crippen molar-refractivity contribution in [1.82, 2.24) is 5.01 Å². The maximum absolute atomic E-state index is 6.56. The van der Waals surface area contributed by atoms with E-state index in [9.17, 15) is 0 Å². The molecule has 0 radical (unpaired) electrons. The van der Waals surface area contributed by atoms with Gasteiger partial charge in [-0.25, -0.2) is 5.01 Å². The van der Waals surface area contributed by atoms with Gasteiger partial charge in [0, 0.05) is 29.8 Å². The van der Waals surface area contributed by atoms with Crippen LogP contribution in [0.15, 0.2) is 40.8 Å².